The molecule has 2 fully saturated rings. The molecule has 0 radical (unpaired) electrons. The summed E-state index contributed by atoms with van der Waals surface area (Å²) in [6.07, 6.45) is 9.13. The molecule has 1 aliphatic carbocycles. The second kappa shape index (κ2) is 7.43. The lowest BCUT2D eigenvalue weighted by molar-refractivity contribution is 0.0953. The molecule has 1 amide bonds. The molecule has 1 aliphatic heterocycles. The van der Waals surface area contributed by atoms with Crippen molar-refractivity contribution in [1.29, 1.82) is 0 Å². The summed E-state index contributed by atoms with van der Waals surface area (Å²) in [6.45, 7) is 4.64. The minimum atomic E-state index is -0.0518. The molecular weight excluding hydrogens is 328 g/mol. The number of amides is 1. The number of hydrogen-bond acceptors (Lipinski definition) is 5. The monoisotopic (exact) mass is 354 g/mol. The van der Waals surface area contributed by atoms with Gasteiger partial charge in [-0.05, 0) is 44.2 Å². The number of hydrogen-bond donors (Lipinski definition) is 1. The van der Waals surface area contributed by atoms with Crippen molar-refractivity contribution in [3.05, 3.63) is 36.0 Å². The third-order valence-corrected chi connectivity index (χ3v) is 5.27. The Morgan fingerprint density at radius 2 is 2.04 bits per heavy atom. The Labute approximate surface area is 153 Å². The lowest BCUT2D eigenvalue weighted by Crippen LogP contribution is -2.34. The average Bonchev–Trinajstić information content (AvgIpc) is 3.43. The number of carbonyl (C=O) groups excluding carboxylic acids is 1. The lowest BCUT2D eigenvalue weighted by atomic mass is 9.96. The zero-order valence-electron chi connectivity index (χ0n) is 15.3. The summed E-state index contributed by atoms with van der Waals surface area (Å²) in [5.41, 5.74) is 0.620. The van der Waals surface area contributed by atoms with Crippen LogP contribution in [0.4, 0.5) is 5.82 Å². The molecule has 0 bridgehead atoms. The molecule has 1 saturated heterocycles. The van der Waals surface area contributed by atoms with Gasteiger partial charge in [0.1, 0.15) is 18.0 Å². The molecule has 1 N–H and O–H groups in total. The number of rotatable bonds is 6. The van der Waals surface area contributed by atoms with Gasteiger partial charge in [0.15, 0.2) is 0 Å². The highest BCUT2D eigenvalue weighted by molar-refractivity contribution is 5.94. The first kappa shape index (κ1) is 17.0. The second-order valence-corrected chi connectivity index (χ2v) is 7.25. The fraction of sp³-hybridized carbons (Fsp3) is 0.579. The van der Waals surface area contributed by atoms with Crippen LogP contribution in [-0.2, 0) is 0 Å². The van der Waals surface area contributed by atoms with Gasteiger partial charge in [-0.15, -0.1) is 10.2 Å². The molecule has 2 aromatic rings. The van der Waals surface area contributed by atoms with Crippen molar-refractivity contribution in [3.8, 4) is 0 Å². The molecule has 3 heterocycles. The van der Waals surface area contributed by atoms with Gasteiger partial charge in [-0.25, -0.2) is 4.98 Å². The van der Waals surface area contributed by atoms with Gasteiger partial charge in [0.25, 0.3) is 5.91 Å². The van der Waals surface area contributed by atoms with Crippen molar-refractivity contribution in [2.24, 2.45) is 0 Å². The van der Waals surface area contributed by atoms with Crippen LogP contribution < -0.4 is 10.2 Å². The van der Waals surface area contributed by atoms with Crippen LogP contribution in [0.2, 0.25) is 0 Å². The standard InChI is InChI=1S/C19H26N6O/c1-2-9-20-19(26)15-3-6-17(21-12-15)24-10-7-14(8-11-24)18-23-22-13-25(18)16-4-5-16/h3,6,12-14,16H,2,4-5,7-11H2,1H3,(H,20,26). The molecule has 7 heteroatoms. The van der Waals surface area contributed by atoms with E-state index in [0.717, 1.165) is 44.0 Å². The Hall–Kier alpha value is -2.44. The van der Waals surface area contributed by atoms with Crippen molar-refractivity contribution in [3.63, 3.8) is 0 Å². The van der Waals surface area contributed by atoms with Crippen LogP contribution in [0.15, 0.2) is 24.7 Å². The van der Waals surface area contributed by atoms with E-state index in [1.165, 1.54) is 12.8 Å². The summed E-state index contributed by atoms with van der Waals surface area (Å²) >= 11 is 0. The third-order valence-electron chi connectivity index (χ3n) is 5.27. The predicted molar refractivity (Wildman–Crippen MR) is 99.3 cm³/mol. The van der Waals surface area contributed by atoms with Gasteiger partial charge >= 0.3 is 0 Å². The average molecular weight is 354 g/mol. The fourth-order valence-electron chi connectivity index (χ4n) is 3.59. The number of piperidine rings is 1. The summed E-state index contributed by atoms with van der Waals surface area (Å²) in [4.78, 5) is 18.8. The van der Waals surface area contributed by atoms with Crippen LogP contribution in [0.5, 0.6) is 0 Å². The van der Waals surface area contributed by atoms with E-state index >= 15 is 0 Å². The van der Waals surface area contributed by atoms with Crippen LogP contribution >= 0.6 is 0 Å². The number of pyridine rings is 1. The first-order valence-electron chi connectivity index (χ1n) is 9.65. The minimum Gasteiger partial charge on any atom is -0.357 e. The highest BCUT2D eigenvalue weighted by Crippen LogP contribution is 2.38. The summed E-state index contributed by atoms with van der Waals surface area (Å²) in [5.74, 6) is 2.53. The van der Waals surface area contributed by atoms with E-state index in [1.807, 2.05) is 25.4 Å². The van der Waals surface area contributed by atoms with Crippen molar-refractivity contribution < 1.29 is 4.79 Å². The smallest absolute Gasteiger partial charge is 0.252 e. The Kier molecular flexibility index (Phi) is 4.86. The maximum atomic E-state index is 12.0. The van der Waals surface area contributed by atoms with Crippen LogP contribution in [0.3, 0.4) is 0 Å². The topological polar surface area (TPSA) is 75.9 Å². The molecule has 4 rings (SSSR count). The first-order valence-corrected chi connectivity index (χ1v) is 9.65. The second-order valence-electron chi connectivity index (χ2n) is 7.25. The van der Waals surface area contributed by atoms with Crippen LogP contribution in [0, 0.1) is 0 Å². The van der Waals surface area contributed by atoms with Gasteiger partial charge in [-0.2, -0.15) is 0 Å². The molecule has 1 saturated carbocycles. The van der Waals surface area contributed by atoms with Crippen molar-refractivity contribution in [1.82, 2.24) is 25.1 Å². The molecule has 0 aromatic carbocycles. The van der Waals surface area contributed by atoms with Crippen LogP contribution in [-0.4, -0.2) is 45.3 Å². The van der Waals surface area contributed by atoms with Gasteiger partial charge in [-0.3, -0.25) is 4.79 Å². The fourth-order valence-corrected chi connectivity index (χ4v) is 3.59. The molecular formula is C19H26N6O. The van der Waals surface area contributed by atoms with E-state index < -0.39 is 0 Å². The van der Waals surface area contributed by atoms with Gasteiger partial charge in [0, 0.05) is 37.8 Å². The first-order chi connectivity index (χ1) is 12.8. The van der Waals surface area contributed by atoms with E-state index in [0.29, 0.717) is 24.1 Å². The van der Waals surface area contributed by atoms with E-state index in [2.05, 4.69) is 30.0 Å². The zero-order valence-corrected chi connectivity index (χ0v) is 15.3. The molecule has 0 unspecified atom stereocenters. The van der Waals surface area contributed by atoms with Crippen molar-refractivity contribution in [2.75, 3.05) is 24.5 Å². The van der Waals surface area contributed by atoms with E-state index in [1.54, 1.807) is 6.20 Å². The molecule has 2 aliphatic rings. The normalized spacial score (nSPS) is 18.1. The molecule has 138 valence electrons. The number of nitrogens with one attached hydrogen (secondary N) is 1. The summed E-state index contributed by atoms with van der Waals surface area (Å²) < 4.78 is 2.28. The Morgan fingerprint density at radius 3 is 2.69 bits per heavy atom. The third kappa shape index (κ3) is 3.57. The molecule has 2 aromatic heterocycles. The Balaban J connectivity index is 1.35. The van der Waals surface area contributed by atoms with Gasteiger partial charge in [-0.1, -0.05) is 6.92 Å². The number of anilines is 1. The maximum absolute atomic E-state index is 12.0. The highest BCUT2D eigenvalue weighted by Gasteiger charge is 2.31. The molecule has 0 atom stereocenters. The summed E-state index contributed by atoms with van der Waals surface area (Å²) in [7, 11) is 0. The van der Waals surface area contributed by atoms with Gasteiger partial charge < -0.3 is 14.8 Å². The molecule has 26 heavy (non-hydrogen) atoms. The van der Waals surface area contributed by atoms with Crippen molar-refractivity contribution in [2.45, 2.75) is 51.0 Å². The van der Waals surface area contributed by atoms with Gasteiger partial charge in [0.2, 0.25) is 0 Å². The van der Waals surface area contributed by atoms with Crippen molar-refractivity contribution >= 4 is 11.7 Å². The summed E-state index contributed by atoms with van der Waals surface area (Å²) in [6, 6.07) is 4.45. The number of nitrogens with zero attached hydrogens (tertiary/aromatic N) is 5. The zero-order chi connectivity index (χ0) is 17.9. The van der Waals surface area contributed by atoms with Crippen LogP contribution in [0.25, 0.3) is 0 Å². The number of aromatic nitrogens is 4. The van der Waals surface area contributed by atoms with Crippen LogP contribution in [0.1, 0.15) is 67.2 Å². The largest absolute Gasteiger partial charge is 0.357 e. The lowest BCUT2D eigenvalue weighted by Gasteiger charge is -2.32. The Bertz CT molecular complexity index is 744. The van der Waals surface area contributed by atoms with E-state index in [4.69, 9.17) is 0 Å². The van der Waals surface area contributed by atoms with E-state index in [-0.39, 0.29) is 5.91 Å². The van der Waals surface area contributed by atoms with Gasteiger partial charge in [0.05, 0.1) is 5.56 Å². The predicted octanol–water partition coefficient (Wildman–Crippen LogP) is 2.53. The minimum absolute atomic E-state index is 0.0518. The quantitative estimate of drug-likeness (QED) is 0.863. The maximum Gasteiger partial charge on any atom is 0.252 e. The molecule has 0 spiro atoms. The SMILES string of the molecule is CCCNC(=O)c1ccc(N2CCC(c3nncn3C3CC3)CC2)nc1. The number of carbonyl (C=O) groups is 1. The van der Waals surface area contributed by atoms with E-state index in [9.17, 15) is 4.79 Å². The molecule has 7 nitrogen and oxygen atoms in total. The summed E-state index contributed by atoms with van der Waals surface area (Å²) in [5, 5.41) is 11.4. The highest BCUT2D eigenvalue weighted by atomic mass is 16.1. The Morgan fingerprint density at radius 1 is 1.23 bits per heavy atom.